The molecule has 6 heteroatoms. The molecule has 0 spiro atoms. The van der Waals surface area contributed by atoms with Crippen LogP contribution in [0, 0.1) is 5.92 Å². The van der Waals surface area contributed by atoms with Crippen molar-refractivity contribution >= 4 is 12.3 Å². The lowest BCUT2D eigenvalue weighted by atomic mass is 9.96. The summed E-state index contributed by atoms with van der Waals surface area (Å²) in [6, 6.07) is 0. The molecule has 102 valence electrons. The van der Waals surface area contributed by atoms with Gasteiger partial charge in [0, 0.05) is 57.5 Å². The van der Waals surface area contributed by atoms with Gasteiger partial charge in [0.25, 0.3) is 0 Å². The molecular weight excluding hydrogens is 244 g/mol. The molecule has 1 unspecified atom stereocenters. The normalized spacial score (nSPS) is 23.1. The minimum absolute atomic E-state index is 0.0534. The fourth-order valence-electron chi connectivity index (χ4n) is 2.87. The van der Waals surface area contributed by atoms with Gasteiger partial charge in [-0.05, 0) is 6.42 Å². The third-order valence-corrected chi connectivity index (χ3v) is 4.07. The van der Waals surface area contributed by atoms with Gasteiger partial charge in [-0.2, -0.15) is 0 Å². The zero-order chi connectivity index (χ0) is 13.2. The molecule has 3 rings (SSSR count). The van der Waals surface area contributed by atoms with Gasteiger partial charge in [-0.1, -0.05) is 0 Å². The zero-order valence-electron chi connectivity index (χ0n) is 10.9. The van der Waals surface area contributed by atoms with Gasteiger partial charge in [0.1, 0.15) is 5.82 Å². The molecule has 0 aromatic carbocycles. The molecule has 6 nitrogen and oxygen atoms in total. The monoisotopic (exact) mass is 262 g/mol. The Labute approximate surface area is 112 Å². The summed E-state index contributed by atoms with van der Waals surface area (Å²) in [4.78, 5) is 31.0. The minimum atomic E-state index is 0.0534. The van der Waals surface area contributed by atoms with Gasteiger partial charge in [-0.15, -0.1) is 0 Å². The molecule has 0 N–H and O–H groups in total. The van der Waals surface area contributed by atoms with Gasteiger partial charge in [-0.25, -0.2) is 4.98 Å². The van der Waals surface area contributed by atoms with Crippen molar-refractivity contribution in [2.24, 2.45) is 5.92 Å². The number of carbonyl (C=O) groups is 2. The lowest BCUT2D eigenvalue weighted by Gasteiger charge is -2.35. The Kier molecular flexibility index (Phi) is 3.23. The van der Waals surface area contributed by atoms with Crippen LogP contribution in [0.1, 0.15) is 12.2 Å². The second kappa shape index (κ2) is 5.03. The second-order valence-corrected chi connectivity index (χ2v) is 5.19. The number of aryl methyl sites for hydroxylation is 1. The number of fused-ring (bicyclic) bond motifs is 1. The molecule has 2 aliphatic rings. The van der Waals surface area contributed by atoms with Crippen molar-refractivity contribution in [3.63, 3.8) is 0 Å². The molecule has 1 fully saturated rings. The van der Waals surface area contributed by atoms with E-state index in [1.165, 1.54) is 0 Å². The fourth-order valence-corrected chi connectivity index (χ4v) is 2.87. The van der Waals surface area contributed by atoms with Gasteiger partial charge in [0.2, 0.25) is 12.3 Å². The van der Waals surface area contributed by atoms with Gasteiger partial charge >= 0.3 is 0 Å². The average Bonchev–Trinajstić information content (AvgIpc) is 2.94. The van der Waals surface area contributed by atoms with Crippen molar-refractivity contribution in [2.45, 2.75) is 19.4 Å². The molecule has 0 radical (unpaired) electrons. The summed E-state index contributed by atoms with van der Waals surface area (Å²) in [5, 5.41) is 0. The van der Waals surface area contributed by atoms with Crippen LogP contribution < -0.4 is 0 Å². The van der Waals surface area contributed by atoms with E-state index in [1.54, 1.807) is 11.1 Å². The van der Waals surface area contributed by atoms with Gasteiger partial charge in [0.15, 0.2) is 0 Å². The second-order valence-electron chi connectivity index (χ2n) is 5.19. The molecular formula is C13H18N4O2. The Balaban J connectivity index is 1.61. The van der Waals surface area contributed by atoms with E-state index in [9.17, 15) is 9.59 Å². The number of hydrogen-bond acceptors (Lipinski definition) is 3. The first-order chi connectivity index (χ1) is 9.28. The smallest absolute Gasteiger partial charge is 0.226 e. The van der Waals surface area contributed by atoms with Crippen molar-refractivity contribution in [3.05, 3.63) is 18.2 Å². The molecule has 19 heavy (non-hydrogen) atoms. The molecule has 2 aliphatic heterocycles. The Hall–Kier alpha value is -1.85. The third kappa shape index (κ3) is 2.34. The number of nitrogens with zero attached hydrogens (tertiary/aromatic N) is 4. The topological polar surface area (TPSA) is 58.4 Å². The Morgan fingerprint density at radius 1 is 1.26 bits per heavy atom. The van der Waals surface area contributed by atoms with E-state index >= 15 is 0 Å². The quantitative estimate of drug-likeness (QED) is 0.690. The van der Waals surface area contributed by atoms with Crippen LogP contribution in [0.4, 0.5) is 0 Å². The predicted octanol–water partition coefficient (Wildman–Crippen LogP) is -0.254. The van der Waals surface area contributed by atoms with Gasteiger partial charge in [0.05, 0.1) is 0 Å². The lowest BCUT2D eigenvalue weighted by molar-refractivity contribution is -0.139. The summed E-state index contributed by atoms with van der Waals surface area (Å²) in [5.74, 6) is 1.29. The number of carbonyl (C=O) groups excluding carboxylic acids is 2. The summed E-state index contributed by atoms with van der Waals surface area (Å²) in [7, 11) is 0. The van der Waals surface area contributed by atoms with Gasteiger partial charge < -0.3 is 14.4 Å². The average molecular weight is 262 g/mol. The van der Waals surface area contributed by atoms with E-state index in [1.807, 2.05) is 11.1 Å². The number of rotatable bonds is 2. The van der Waals surface area contributed by atoms with Crippen LogP contribution >= 0.6 is 0 Å². The van der Waals surface area contributed by atoms with Gasteiger partial charge in [-0.3, -0.25) is 9.59 Å². The number of piperazine rings is 1. The van der Waals surface area contributed by atoms with Crippen molar-refractivity contribution < 1.29 is 9.59 Å². The molecule has 1 saturated heterocycles. The van der Waals surface area contributed by atoms with Crippen LogP contribution in [-0.2, 0) is 22.6 Å². The Morgan fingerprint density at radius 2 is 2.05 bits per heavy atom. The zero-order valence-corrected chi connectivity index (χ0v) is 10.9. The number of aromatic nitrogens is 2. The highest BCUT2D eigenvalue weighted by atomic mass is 16.2. The van der Waals surface area contributed by atoms with Crippen LogP contribution in [-0.4, -0.2) is 57.8 Å². The van der Waals surface area contributed by atoms with Crippen LogP contribution in [0.25, 0.3) is 0 Å². The van der Waals surface area contributed by atoms with E-state index < -0.39 is 0 Å². The van der Waals surface area contributed by atoms with Crippen LogP contribution in [0.3, 0.4) is 0 Å². The summed E-state index contributed by atoms with van der Waals surface area (Å²) in [6.45, 7) is 3.48. The van der Waals surface area contributed by atoms with Crippen molar-refractivity contribution in [2.75, 3.05) is 26.2 Å². The summed E-state index contributed by atoms with van der Waals surface area (Å²) >= 11 is 0. The van der Waals surface area contributed by atoms with Crippen LogP contribution in [0.5, 0.6) is 0 Å². The van der Waals surface area contributed by atoms with Crippen LogP contribution in [0.2, 0.25) is 0 Å². The number of hydrogen-bond donors (Lipinski definition) is 0. The minimum Gasteiger partial charge on any atom is -0.342 e. The number of amides is 2. The largest absolute Gasteiger partial charge is 0.342 e. The van der Waals surface area contributed by atoms with E-state index in [0.717, 1.165) is 31.6 Å². The fraction of sp³-hybridized carbons (Fsp3) is 0.615. The predicted molar refractivity (Wildman–Crippen MR) is 68.3 cm³/mol. The number of imidazole rings is 1. The first-order valence-electron chi connectivity index (χ1n) is 6.76. The summed E-state index contributed by atoms with van der Waals surface area (Å²) < 4.78 is 2.12. The molecule has 0 aliphatic carbocycles. The molecule has 1 aromatic heterocycles. The molecule has 0 saturated carbocycles. The van der Waals surface area contributed by atoms with E-state index in [0.29, 0.717) is 26.2 Å². The SMILES string of the molecule is O=CN1CCN(C(=O)C2CCn3ccnc3C2)CC1. The lowest BCUT2D eigenvalue weighted by Crippen LogP contribution is -2.50. The maximum Gasteiger partial charge on any atom is 0.226 e. The highest BCUT2D eigenvalue weighted by molar-refractivity contribution is 5.79. The van der Waals surface area contributed by atoms with E-state index in [2.05, 4.69) is 9.55 Å². The molecule has 0 bridgehead atoms. The van der Waals surface area contributed by atoms with Crippen molar-refractivity contribution in [3.8, 4) is 0 Å². The summed E-state index contributed by atoms with van der Waals surface area (Å²) in [6.07, 6.45) is 6.25. The molecule has 2 amide bonds. The van der Waals surface area contributed by atoms with E-state index in [-0.39, 0.29) is 11.8 Å². The standard InChI is InChI=1S/C13H18N4O2/c18-10-15-5-7-17(8-6-15)13(19)11-1-3-16-4-2-14-12(16)9-11/h2,4,10-11H,1,3,5-9H2. The first-order valence-corrected chi connectivity index (χ1v) is 6.76. The Morgan fingerprint density at radius 3 is 2.79 bits per heavy atom. The summed E-state index contributed by atoms with van der Waals surface area (Å²) in [5.41, 5.74) is 0. The third-order valence-electron chi connectivity index (χ3n) is 4.07. The molecule has 1 atom stereocenters. The Bertz CT molecular complexity index is 477. The highest BCUT2D eigenvalue weighted by Crippen LogP contribution is 2.21. The molecule has 1 aromatic rings. The van der Waals surface area contributed by atoms with E-state index in [4.69, 9.17) is 0 Å². The maximum absolute atomic E-state index is 12.5. The van der Waals surface area contributed by atoms with Crippen molar-refractivity contribution in [1.29, 1.82) is 0 Å². The maximum atomic E-state index is 12.5. The highest BCUT2D eigenvalue weighted by Gasteiger charge is 2.30. The molecule has 3 heterocycles. The van der Waals surface area contributed by atoms with Crippen molar-refractivity contribution in [1.82, 2.24) is 19.4 Å². The first kappa shape index (κ1) is 12.2. The van der Waals surface area contributed by atoms with Crippen LogP contribution in [0.15, 0.2) is 12.4 Å².